The van der Waals surface area contributed by atoms with Gasteiger partial charge in [-0.1, -0.05) is 11.6 Å². The first kappa shape index (κ1) is 10.8. The number of nitrogens with two attached hydrogens (primary N) is 1. The van der Waals surface area contributed by atoms with Crippen LogP contribution < -0.4 is 5.73 Å². The van der Waals surface area contributed by atoms with Crippen molar-refractivity contribution in [3.05, 3.63) is 26.5 Å². The topological polar surface area (TPSA) is 69.6 Å². The van der Waals surface area contributed by atoms with Crippen molar-refractivity contribution in [1.29, 1.82) is 0 Å². The molecule has 0 aliphatic rings. The number of hydrogen-bond donors (Lipinski definition) is 1. The van der Waals surface area contributed by atoms with Crippen molar-refractivity contribution in [3.8, 4) is 5.82 Å². The number of rotatable bonds is 1. The van der Waals surface area contributed by atoms with Crippen LogP contribution in [0.3, 0.4) is 0 Å². The maximum Gasteiger partial charge on any atom is 0.240 e. The molecule has 8 heteroatoms. The standard InChI is InChI=1S/C7H4Br2ClN5/c8-4-1-3(10)2-12-5(4)15-6(9)13-7(11)14-15/h1-2H,(H2,11,14). The number of aromatic nitrogens is 4. The summed E-state index contributed by atoms with van der Waals surface area (Å²) in [6.45, 7) is 0. The molecule has 15 heavy (non-hydrogen) atoms. The molecule has 2 N–H and O–H groups in total. The van der Waals surface area contributed by atoms with E-state index in [-0.39, 0.29) is 5.95 Å². The summed E-state index contributed by atoms with van der Waals surface area (Å²) in [7, 11) is 0. The molecule has 78 valence electrons. The van der Waals surface area contributed by atoms with Crippen molar-refractivity contribution in [3.63, 3.8) is 0 Å². The lowest BCUT2D eigenvalue weighted by Gasteiger charge is -2.03. The Morgan fingerprint density at radius 1 is 1.40 bits per heavy atom. The Balaban J connectivity index is 2.59. The zero-order valence-corrected chi connectivity index (χ0v) is 11.1. The molecule has 0 radical (unpaired) electrons. The van der Waals surface area contributed by atoms with E-state index in [0.29, 0.717) is 20.0 Å². The average Bonchev–Trinajstić information content (AvgIpc) is 2.45. The summed E-state index contributed by atoms with van der Waals surface area (Å²) in [4.78, 5) is 8.02. The molecule has 0 aromatic carbocycles. The third kappa shape index (κ3) is 2.14. The molecule has 2 heterocycles. The molecule has 0 saturated carbocycles. The molecule has 5 nitrogen and oxygen atoms in total. The van der Waals surface area contributed by atoms with Gasteiger partial charge in [-0.3, -0.25) is 0 Å². The molecule has 2 rings (SSSR count). The van der Waals surface area contributed by atoms with Gasteiger partial charge in [-0.15, -0.1) is 5.10 Å². The Morgan fingerprint density at radius 2 is 2.13 bits per heavy atom. The first-order valence-corrected chi connectivity index (χ1v) is 5.74. The van der Waals surface area contributed by atoms with Gasteiger partial charge in [0.05, 0.1) is 9.50 Å². The monoisotopic (exact) mass is 351 g/mol. The second-order valence-corrected chi connectivity index (χ2v) is 4.61. The number of hydrogen-bond acceptors (Lipinski definition) is 4. The van der Waals surface area contributed by atoms with Gasteiger partial charge in [0.15, 0.2) is 5.82 Å². The molecule has 0 atom stereocenters. The number of nitrogen functional groups attached to an aromatic ring is 1. The Hall–Kier alpha value is -0.660. The highest BCUT2D eigenvalue weighted by Gasteiger charge is 2.11. The zero-order valence-electron chi connectivity index (χ0n) is 7.15. The minimum atomic E-state index is 0.172. The van der Waals surface area contributed by atoms with Crippen LogP contribution in [0.5, 0.6) is 0 Å². The van der Waals surface area contributed by atoms with Crippen LogP contribution in [-0.2, 0) is 0 Å². The van der Waals surface area contributed by atoms with Crippen LogP contribution >= 0.6 is 43.5 Å². The van der Waals surface area contributed by atoms with E-state index < -0.39 is 0 Å². The summed E-state index contributed by atoms with van der Waals surface area (Å²) >= 11 is 12.3. The molecule has 0 fully saturated rings. The van der Waals surface area contributed by atoms with Crippen LogP contribution in [0.25, 0.3) is 5.82 Å². The van der Waals surface area contributed by atoms with Crippen LogP contribution in [0, 0.1) is 0 Å². The van der Waals surface area contributed by atoms with E-state index in [1.807, 2.05) is 0 Å². The van der Waals surface area contributed by atoms with E-state index in [1.165, 1.54) is 10.9 Å². The zero-order chi connectivity index (χ0) is 11.0. The average molecular weight is 353 g/mol. The van der Waals surface area contributed by atoms with Gasteiger partial charge < -0.3 is 5.73 Å². The van der Waals surface area contributed by atoms with Crippen molar-refractivity contribution in [2.45, 2.75) is 0 Å². The maximum absolute atomic E-state index is 5.78. The molecule has 2 aromatic rings. The summed E-state index contributed by atoms with van der Waals surface area (Å²) in [6, 6.07) is 1.72. The molecular formula is C7H4Br2ClN5. The third-order valence-electron chi connectivity index (χ3n) is 1.57. The quantitative estimate of drug-likeness (QED) is 0.855. The summed E-state index contributed by atoms with van der Waals surface area (Å²) in [5.74, 6) is 0.737. The molecule has 0 unspecified atom stereocenters. The predicted octanol–water partition coefficient (Wildman–Crippen LogP) is 2.42. The Labute approximate surface area is 107 Å². The van der Waals surface area contributed by atoms with Crippen molar-refractivity contribution in [1.82, 2.24) is 19.7 Å². The number of nitrogens with zero attached hydrogens (tertiary/aromatic N) is 4. The number of anilines is 1. The Morgan fingerprint density at radius 3 is 2.67 bits per heavy atom. The van der Waals surface area contributed by atoms with Gasteiger partial charge in [-0.25, -0.2) is 4.98 Å². The molecule has 0 saturated heterocycles. The fraction of sp³-hybridized carbons (Fsp3) is 0. The minimum Gasteiger partial charge on any atom is -0.366 e. The van der Waals surface area contributed by atoms with Gasteiger partial charge in [0.1, 0.15) is 0 Å². The van der Waals surface area contributed by atoms with Gasteiger partial charge in [-0.2, -0.15) is 9.67 Å². The first-order chi connectivity index (χ1) is 7.08. The number of halogens is 3. The van der Waals surface area contributed by atoms with Crippen LogP contribution in [0.1, 0.15) is 0 Å². The van der Waals surface area contributed by atoms with E-state index in [1.54, 1.807) is 6.07 Å². The van der Waals surface area contributed by atoms with Gasteiger partial charge in [0.25, 0.3) is 0 Å². The van der Waals surface area contributed by atoms with E-state index in [2.05, 4.69) is 46.9 Å². The second kappa shape index (κ2) is 4.07. The molecule has 0 aliphatic heterocycles. The third-order valence-corrected chi connectivity index (χ3v) is 2.88. The summed E-state index contributed by atoms with van der Waals surface area (Å²) < 4.78 is 2.66. The maximum atomic E-state index is 5.78. The van der Waals surface area contributed by atoms with E-state index >= 15 is 0 Å². The van der Waals surface area contributed by atoms with Gasteiger partial charge in [0, 0.05) is 6.20 Å². The molecule has 2 aromatic heterocycles. The fourth-order valence-electron chi connectivity index (χ4n) is 1.01. The predicted molar refractivity (Wildman–Crippen MR) is 64.0 cm³/mol. The summed E-state index contributed by atoms with van der Waals surface area (Å²) in [5.41, 5.74) is 5.45. The minimum absolute atomic E-state index is 0.172. The van der Waals surface area contributed by atoms with Crippen LogP contribution in [0.4, 0.5) is 5.95 Å². The highest BCUT2D eigenvalue weighted by Crippen LogP contribution is 2.24. The van der Waals surface area contributed by atoms with Gasteiger partial charge in [-0.05, 0) is 37.9 Å². The normalized spacial score (nSPS) is 10.6. The Bertz CT molecular complexity index is 512. The SMILES string of the molecule is Nc1nc(Br)n(-c2ncc(Cl)cc2Br)n1. The fourth-order valence-corrected chi connectivity index (χ4v) is 2.24. The summed E-state index contributed by atoms with van der Waals surface area (Å²) in [5, 5.41) is 4.51. The van der Waals surface area contributed by atoms with Crippen molar-refractivity contribution in [2.75, 3.05) is 5.73 Å². The smallest absolute Gasteiger partial charge is 0.240 e. The number of pyridine rings is 1. The van der Waals surface area contributed by atoms with E-state index in [0.717, 1.165) is 0 Å². The van der Waals surface area contributed by atoms with Gasteiger partial charge >= 0.3 is 0 Å². The van der Waals surface area contributed by atoms with E-state index in [9.17, 15) is 0 Å². The lowest BCUT2D eigenvalue weighted by Crippen LogP contribution is -2.01. The van der Waals surface area contributed by atoms with Crippen LogP contribution in [-0.4, -0.2) is 19.7 Å². The molecular weight excluding hydrogens is 349 g/mol. The molecule has 0 spiro atoms. The molecule has 0 amide bonds. The second-order valence-electron chi connectivity index (χ2n) is 2.61. The van der Waals surface area contributed by atoms with Crippen molar-refractivity contribution in [2.24, 2.45) is 0 Å². The lowest BCUT2D eigenvalue weighted by molar-refractivity contribution is 0.823. The van der Waals surface area contributed by atoms with Crippen LogP contribution in [0.2, 0.25) is 5.02 Å². The largest absolute Gasteiger partial charge is 0.366 e. The summed E-state index contributed by atoms with van der Waals surface area (Å²) in [6.07, 6.45) is 1.52. The van der Waals surface area contributed by atoms with Crippen LogP contribution in [0.15, 0.2) is 21.5 Å². The lowest BCUT2D eigenvalue weighted by atomic mass is 10.5. The highest BCUT2D eigenvalue weighted by atomic mass is 79.9. The van der Waals surface area contributed by atoms with Crippen molar-refractivity contribution >= 4 is 49.4 Å². The van der Waals surface area contributed by atoms with E-state index in [4.69, 9.17) is 17.3 Å². The van der Waals surface area contributed by atoms with Gasteiger partial charge in [0.2, 0.25) is 10.7 Å². The Kier molecular flexibility index (Phi) is 2.94. The molecule has 0 bridgehead atoms. The first-order valence-electron chi connectivity index (χ1n) is 3.77. The highest BCUT2D eigenvalue weighted by molar-refractivity contribution is 9.10. The van der Waals surface area contributed by atoms with Crippen molar-refractivity contribution < 1.29 is 0 Å². The molecule has 0 aliphatic carbocycles.